The first kappa shape index (κ1) is 13.0. The zero-order valence-corrected chi connectivity index (χ0v) is 12.6. The summed E-state index contributed by atoms with van der Waals surface area (Å²) in [5, 5.41) is 2.33. The molecule has 0 saturated carbocycles. The van der Waals surface area contributed by atoms with Gasteiger partial charge >= 0.3 is 0 Å². The van der Waals surface area contributed by atoms with Crippen LogP contribution in [0.5, 0.6) is 0 Å². The van der Waals surface area contributed by atoms with Crippen LogP contribution < -0.4 is 0 Å². The maximum atomic E-state index is 4.69. The van der Waals surface area contributed by atoms with E-state index in [0.29, 0.717) is 0 Å². The predicted octanol–water partition coefficient (Wildman–Crippen LogP) is 4.78. The Labute approximate surface area is 119 Å². The quantitative estimate of drug-likeness (QED) is 0.622. The Morgan fingerprint density at radius 2 is 1.55 bits per heavy atom. The molecular weight excluding hydrogens is 244 g/mol. The number of aromatic nitrogens is 2. The molecule has 2 nitrogen and oxygen atoms in total. The number of rotatable bonds is 2. The highest BCUT2D eigenvalue weighted by Crippen LogP contribution is 2.30. The van der Waals surface area contributed by atoms with Crippen molar-refractivity contribution < 1.29 is 0 Å². The lowest BCUT2D eigenvalue weighted by Gasteiger charge is -2.23. The van der Waals surface area contributed by atoms with Crippen LogP contribution in [0.1, 0.15) is 38.3 Å². The number of nitrogens with zero attached hydrogens (tertiary/aromatic N) is 2. The molecule has 2 aromatic heterocycles. The van der Waals surface area contributed by atoms with Gasteiger partial charge in [0.05, 0.1) is 11.0 Å². The van der Waals surface area contributed by atoms with Crippen LogP contribution in [0.25, 0.3) is 21.8 Å². The molecule has 0 aliphatic carbocycles. The molecule has 0 spiro atoms. The number of benzene rings is 1. The summed E-state index contributed by atoms with van der Waals surface area (Å²) in [4.78, 5) is 9.25. The van der Waals surface area contributed by atoms with Gasteiger partial charge in [0, 0.05) is 23.2 Å². The molecule has 0 fully saturated rings. The van der Waals surface area contributed by atoms with E-state index in [2.05, 4.69) is 56.9 Å². The lowest BCUT2D eigenvalue weighted by Crippen LogP contribution is -2.15. The fourth-order valence-electron chi connectivity index (χ4n) is 2.48. The van der Waals surface area contributed by atoms with Gasteiger partial charge in [0.2, 0.25) is 0 Å². The molecule has 20 heavy (non-hydrogen) atoms. The monoisotopic (exact) mass is 264 g/mol. The minimum Gasteiger partial charge on any atom is -0.254 e. The van der Waals surface area contributed by atoms with Gasteiger partial charge in [0.1, 0.15) is 0 Å². The van der Waals surface area contributed by atoms with Gasteiger partial charge in [-0.1, -0.05) is 32.9 Å². The van der Waals surface area contributed by atoms with Crippen LogP contribution in [-0.2, 0) is 5.41 Å². The zero-order valence-electron chi connectivity index (χ0n) is 12.6. The first-order valence-corrected chi connectivity index (χ1v) is 7.17. The summed E-state index contributed by atoms with van der Waals surface area (Å²) in [7, 11) is 0. The second-order valence-corrected chi connectivity index (χ2v) is 6.18. The normalized spacial score (nSPS) is 12.2. The molecule has 2 heteroatoms. The third-order valence-corrected chi connectivity index (χ3v) is 4.30. The van der Waals surface area contributed by atoms with E-state index in [4.69, 9.17) is 4.98 Å². The molecule has 0 aliphatic rings. The molecule has 0 saturated heterocycles. The van der Waals surface area contributed by atoms with E-state index in [1.165, 1.54) is 16.5 Å². The van der Waals surface area contributed by atoms with Crippen LogP contribution in [-0.4, -0.2) is 9.97 Å². The number of hydrogen-bond acceptors (Lipinski definition) is 2. The van der Waals surface area contributed by atoms with E-state index < -0.39 is 0 Å². The number of aryl methyl sites for hydroxylation is 1. The molecule has 3 aromatic rings. The van der Waals surface area contributed by atoms with Crippen LogP contribution in [0.2, 0.25) is 0 Å². The number of hydrogen-bond donors (Lipinski definition) is 0. The van der Waals surface area contributed by atoms with Crippen molar-refractivity contribution in [2.24, 2.45) is 0 Å². The minimum absolute atomic E-state index is 0.164. The third kappa shape index (κ3) is 2.05. The maximum absolute atomic E-state index is 4.69. The average Bonchev–Trinajstić information content (AvgIpc) is 2.46. The first-order chi connectivity index (χ1) is 9.51. The second kappa shape index (κ2) is 4.55. The molecule has 0 bridgehead atoms. The summed E-state index contributed by atoms with van der Waals surface area (Å²) in [5.41, 5.74) is 4.63. The average molecular weight is 264 g/mol. The van der Waals surface area contributed by atoms with Crippen LogP contribution in [0.15, 0.2) is 36.7 Å². The molecule has 0 unspecified atom stereocenters. The topological polar surface area (TPSA) is 25.8 Å². The Morgan fingerprint density at radius 1 is 0.950 bits per heavy atom. The van der Waals surface area contributed by atoms with Crippen molar-refractivity contribution in [1.82, 2.24) is 9.97 Å². The van der Waals surface area contributed by atoms with E-state index in [1.54, 1.807) is 0 Å². The van der Waals surface area contributed by atoms with Crippen molar-refractivity contribution in [2.45, 2.75) is 39.5 Å². The number of fused-ring (bicyclic) bond motifs is 3. The van der Waals surface area contributed by atoms with Crippen molar-refractivity contribution >= 4 is 21.8 Å². The van der Waals surface area contributed by atoms with E-state index in [1.807, 2.05) is 12.4 Å². The van der Waals surface area contributed by atoms with E-state index in [0.717, 1.165) is 22.8 Å². The van der Waals surface area contributed by atoms with E-state index in [-0.39, 0.29) is 5.41 Å². The van der Waals surface area contributed by atoms with Gasteiger partial charge in [0.25, 0.3) is 0 Å². The Morgan fingerprint density at radius 3 is 2.20 bits per heavy atom. The van der Waals surface area contributed by atoms with Crippen molar-refractivity contribution in [3.05, 3.63) is 47.8 Å². The maximum Gasteiger partial charge on any atom is 0.0964 e. The Kier molecular flexibility index (Phi) is 2.97. The van der Waals surface area contributed by atoms with E-state index in [9.17, 15) is 0 Å². The molecule has 0 radical (unpaired) electrons. The highest BCUT2D eigenvalue weighted by atomic mass is 14.7. The van der Waals surface area contributed by atoms with Crippen LogP contribution in [0.4, 0.5) is 0 Å². The molecule has 0 atom stereocenters. The van der Waals surface area contributed by atoms with Crippen molar-refractivity contribution in [2.75, 3.05) is 0 Å². The fraction of sp³-hybridized carbons (Fsp3) is 0.333. The van der Waals surface area contributed by atoms with Gasteiger partial charge in [0.15, 0.2) is 0 Å². The van der Waals surface area contributed by atoms with Gasteiger partial charge in [-0.2, -0.15) is 0 Å². The SMILES string of the molecule is CCC(C)(C)c1cnc2c(ccc3cc(C)cnc32)c1. The van der Waals surface area contributed by atoms with Gasteiger partial charge in [-0.05, 0) is 42.0 Å². The van der Waals surface area contributed by atoms with Gasteiger partial charge in [-0.3, -0.25) is 9.97 Å². The van der Waals surface area contributed by atoms with Gasteiger partial charge in [-0.15, -0.1) is 0 Å². The summed E-state index contributed by atoms with van der Waals surface area (Å²) < 4.78 is 0. The molecule has 1 aromatic carbocycles. The van der Waals surface area contributed by atoms with Gasteiger partial charge < -0.3 is 0 Å². The summed E-state index contributed by atoms with van der Waals surface area (Å²) in [5.74, 6) is 0. The summed E-state index contributed by atoms with van der Waals surface area (Å²) in [6, 6.07) is 8.71. The Balaban J connectivity index is 2.27. The standard InChI is InChI=1S/C18H20N2/c1-5-18(3,4)15-9-14-7-6-13-8-12(2)10-19-16(13)17(14)20-11-15/h6-11H,5H2,1-4H3. The predicted molar refractivity (Wildman–Crippen MR) is 85.1 cm³/mol. The molecule has 3 rings (SSSR count). The number of pyridine rings is 2. The molecular formula is C18H20N2. The lowest BCUT2D eigenvalue weighted by molar-refractivity contribution is 0.505. The highest BCUT2D eigenvalue weighted by molar-refractivity contribution is 6.02. The van der Waals surface area contributed by atoms with Crippen LogP contribution in [0.3, 0.4) is 0 Å². The molecule has 0 aliphatic heterocycles. The second-order valence-electron chi connectivity index (χ2n) is 6.18. The van der Waals surface area contributed by atoms with Gasteiger partial charge in [-0.25, -0.2) is 0 Å². The molecule has 0 amide bonds. The van der Waals surface area contributed by atoms with Crippen LogP contribution in [0, 0.1) is 6.92 Å². The smallest absolute Gasteiger partial charge is 0.0964 e. The lowest BCUT2D eigenvalue weighted by atomic mass is 9.83. The zero-order chi connectivity index (χ0) is 14.3. The third-order valence-electron chi connectivity index (χ3n) is 4.30. The van der Waals surface area contributed by atoms with E-state index >= 15 is 0 Å². The Hall–Kier alpha value is -1.96. The summed E-state index contributed by atoms with van der Waals surface area (Å²) in [6.45, 7) is 8.81. The fourth-order valence-corrected chi connectivity index (χ4v) is 2.48. The first-order valence-electron chi connectivity index (χ1n) is 7.17. The molecule has 2 heterocycles. The summed E-state index contributed by atoms with van der Waals surface area (Å²) >= 11 is 0. The van der Waals surface area contributed by atoms with Crippen molar-refractivity contribution in [3.8, 4) is 0 Å². The minimum atomic E-state index is 0.164. The molecule has 102 valence electrons. The van der Waals surface area contributed by atoms with Crippen molar-refractivity contribution in [1.29, 1.82) is 0 Å². The van der Waals surface area contributed by atoms with Crippen molar-refractivity contribution in [3.63, 3.8) is 0 Å². The highest BCUT2D eigenvalue weighted by Gasteiger charge is 2.19. The Bertz CT molecular complexity index is 788. The largest absolute Gasteiger partial charge is 0.254 e. The van der Waals surface area contributed by atoms with Crippen LogP contribution >= 0.6 is 0 Å². The summed E-state index contributed by atoms with van der Waals surface area (Å²) in [6.07, 6.45) is 5.02. The molecule has 0 N–H and O–H groups in total.